The summed E-state index contributed by atoms with van der Waals surface area (Å²) in [5.74, 6) is 0.278. The lowest BCUT2D eigenvalue weighted by Gasteiger charge is -2.03. The van der Waals surface area contributed by atoms with Crippen LogP contribution in [0, 0.1) is 0 Å². The van der Waals surface area contributed by atoms with Crippen molar-refractivity contribution in [1.29, 1.82) is 0 Å². The minimum atomic E-state index is -0.451. The number of methoxy groups -OCH3 is 2. The molecule has 0 atom stereocenters. The molecule has 94 valence electrons. The Morgan fingerprint density at radius 1 is 1.33 bits per heavy atom. The molecule has 0 fully saturated rings. The molecule has 0 aliphatic carbocycles. The van der Waals surface area contributed by atoms with E-state index >= 15 is 0 Å². The SMILES string of the molecule is COC(=O)c1nn(C)cc1-c1cccc(OC)c1. The Hall–Kier alpha value is -2.30. The summed E-state index contributed by atoms with van der Waals surface area (Å²) in [6, 6.07) is 7.45. The van der Waals surface area contributed by atoms with Crippen molar-refractivity contribution in [1.82, 2.24) is 9.78 Å². The van der Waals surface area contributed by atoms with Crippen molar-refractivity contribution in [2.24, 2.45) is 7.05 Å². The Kier molecular flexibility index (Phi) is 3.32. The fourth-order valence-corrected chi connectivity index (χ4v) is 1.74. The third kappa shape index (κ3) is 2.20. The van der Waals surface area contributed by atoms with Crippen molar-refractivity contribution < 1.29 is 14.3 Å². The number of esters is 1. The molecule has 1 heterocycles. The molecule has 0 saturated carbocycles. The van der Waals surface area contributed by atoms with E-state index in [0.717, 1.165) is 16.9 Å². The van der Waals surface area contributed by atoms with Crippen molar-refractivity contribution in [3.63, 3.8) is 0 Å². The molecule has 1 aromatic heterocycles. The molecule has 0 saturated heterocycles. The van der Waals surface area contributed by atoms with E-state index in [-0.39, 0.29) is 0 Å². The first kappa shape index (κ1) is 12.2. The molecule has 2 rings (SSSR count). The van der Waals surface area contributed by atoms with Crippen LogP contribution in [0.25, 0.3) is 11.1 Å². The van der Waals surface area contributed by atoms with Gasteiger partial charge in [-0.2, -0.15) is 5.10 Å². The third-order valence-electron chi connectivity index (χ3n) is 2.59. The van der Waals surface area contributed by atoms with Crippen molar-refractivity contribution in [3.8, 4) is 16.9 Å². The van der Waals surface area contributed by atoms with E-state index in [9.17, 15) is 4.79 Å². The number of hydrogen-bond donors (Lipinski definition) is 0. The predicted octanol–water partition coefficient (Wildman–Crippen LogP) is 1.88. The average molecular weight is 246 g/mol. The summed E-state index contributed by atoms with van der Waals surface area (Å²) in [5.41, 5.74) is 1.89. The molecular weight excluding hydrogens is 232 g/mol. The zero-order chi connectivity index (χ0) is 13.1. The molecule has 0 spiro atoms. The van der Waals surface area contributed by atoms with Crippen LogP contribution >= 0.6 is 0 Å². The van der Waals surface area contributed by atoms with Crippen LogP contribution < -0.4 is 4.74 Å². The number of hydrogen-bond acceptors (Lipinski definition) is 4. The lowest BCUT2D eigenvalue weighted by molar-refractivity contribution is 0.0594. The zero-order valence-corrected chi connectivity index (χ0v) is 10.5. The molecule has 18 heavy (non-hydrogen) atoms. The Balaban J connectivity index is 2.52. The van der Waals surface area contributed by atoms with Crippen LogP contribution in [-0.2, 0) is 11.8 Å². The molecule has 0 aliphatic heterocycles. The standard InChI is InChI=1S/C13H14N2O3/c1-15-8-11(12(14-15)13(16)18-3)9-5-4-6-10(7-9)17-2/h4-8H,1-3H3. The number of carbonyl (C=O) groups is 1. The number of ether oxygens (including phenoxy) is 2. The van der Waals surface area contributed by atoms with E-state index in [1.807, 2.05) is 24.3 Å². The quantitative estimate of drug-likeness (QED) is 0.776. The van der Waals surface area contributed by atoms with Gasteiger partial charge in [-0.05, 0) is 17.7 Å². The highest BCUT2D eigenvalue weighted by atomic mass is 16.5. The van der Waals surface area contributed by atoms with E-state index in [2.05, 4.69) is 5.10 Å². The van der Waals surface area contributed by atoms with Crippen molar-refractivity contribution in [3.05, 3.63) is 36.2 Å². The Morgan fingerprint density at radius 3 is 2.78 bits per heavy atom. The maximum absolute atomic E-state index is 11.6. The van der Waals surface area contributed by atoms with Crippen LogP contribution in [0.4, 0.5) is 0 Å². The molecule has 5 heteroatoms. The second-order valence-electron chi connectivity index (χ2n) is 3.79. The maximum Gasteiger partial charge on any atom is 0.359 e. The Bertz CT molecular complexity index is 575. The van der Waals surface area contributed by atoms with E-state index in [1.165, 1.54) is 7.11 Å². The number of rotatable bonds is 3. The zero-order valence-electron chi connectivity index (χ0n) is 10.5. The molecule has 0 aliphatic rings. The predicted molar refractivity (Wildman–Crippen MR) is 66.5 cm³/mol. The highest BCUT2D eigenvalue weighted by Gasteiger charge is 2.18. The monoisotopic (exact) mass is 246 g/mol. The molecule has 1 aromatic carbocycles. The van der Waals surface area contributed by atoms with Gasteiger partial charge in [0.15, 0.2) is 5.69 Å². The van der Waals surface area contributed by atoms with Crippen LogP contribution in [0.15, 0.2) is 30.5 Å². The number of nitrogens with zero attached hydrogens (tertiary/aromatic N) is 2. The summed E-state index contributed by atoms with van der Waals surface area (Å²) >= 11 is 0. The van der Waals surface area contributed by atoms with Crippen molar-refractivity contribution in [2.75, 3.05) is 14.2 Å². The normalized spacial score (nSPS) is 10.2. The summed E-state index contributed by atoms with van der Waals surface area (Å²) in [6.45, 7) is 0. The van der Waals surface area contributed by atoms with E-state index in [0.29, 0.717) is 5.69 Å². The second-order valence-corrected chi connectivity index (χ2v) is 3.79. The molecule has 5 nitrogen and oxygen atoms in total. The van der Waals surface area contributed by atoms with Crippen LogP contribution in [0.3, 0.4) is 0 Å². The first-order valence-corrected chi connectivity index (χ1v) is 5.42. The Labute approximate surface area is 105 Å². The van der Waals surface area contributed by atoms with Gasteiger partial charge in [0.25, 0.3) is 0 Å². The summed E-state index contributed by atoms with van der Waals surface area (Å²) in [4.78, 5) is 11.6. The highest BCUT2D eigenvalue weighted by Crippen LogP contribution is 2.26. The van der Waals surface area contributed by atoms with E-state index in [1.54, 1.807) is 25.0 Å². The minimum absolute atomic E-state index is 0.299. The molecule has 0 unspecified atom stereocenters. The van der Waals surface area contributed by atoms with E-state index in [4.69, 9.17) is 9.47 Å². The molecule has 0 bridgehead atoms. The fourth-order valence-electron chi connectivity index (χ4n) is 1.74. The summed E-state index contributed by atoms with van der Waals surface area (Å²) < 4.78 is 11.5. The van der Waals surface area contributed by atoms with Gasteiger partial charge in [0.2, 0.25) is 0 Å². The minimum Gasteiger partial charge on any atom is -0.497 e. The molecule has 2 aromatic rings. The van der Waals surface area contributed by atoms with Gasteiger partial charge >= 0.3 is 5.97 Å². The maximum atomic E-state index is 11.6. The second kappa shape index (κ2) is 4.91. The van der Waals surface area contributed by atoms with Crippen LogP contribution in [0.1, 0.15) is 10.5 Å². The third-order valence-corrected chi connectivity index (χ3v) is 2.59. The van der Waals surface area contributed by atoms with Gasteiger partial charge in [-0.15, -0.1) is 0 Å². The Morgan fingerprint density at radius 2 is 2.11 bits per heavy atom. The van der Waals surface area contributed by atoms with Crippen molar-refractivity contribution in [2.45, 2.75) is 0 Å². The van der Waals surface area contributed by atoms with Gasteiger partial charge in [-0.25, -0.2) is 4.79 Å². The summed E-state index contributed by atoms with van der Waals surface area (Å²) in [6.07, 6.45) is 1.78. The molecule has 0 N–H and O–H groups in total. The van der Waals surface area contributed by atoms with Crippen LogP contribution in [-0.4, -0.2) is 30.0 Å². The van der Waals surface area contributed by atoms with Gasteiger partial charge in [-0.3, -0.25) is 4.68 Å². The van der Waals surface area contributed by atoms with Gasteiger partial charge < -0.3 is 9.47 Å². The number of aryl methyl sites for hydroxylation is 1. The van der Waals surface area contributed by atoms with Gasteiger partial charge in [0.1, 0.15) is 5.75 Å². The van der Waals surface area contributed by atoms with Gasteiger partial charge in [0, 0.05) is 18.8 Å². The first-order chi connectivity index (χ1) is 8.65. The molecular formula is C13H14N2O3. The average Bonchev–Trinajstić information content (AvgIpc) is 2.80. The summed E-state index contributed by atoms with van der Waals surface area (Å²) in [5, 5.41) is 4.11. The fraction of sp³-hybridized carbons (Fsp3) is 0.231. The lowest BCUT2D eigenvalue weighted by Crippen LogP contribution is -2.04. The summed E-state index contributed by atoms with van der Waals surface area (Å²) in [7, 11) is 4.70. The largest absolute Gasteiger partial charge is 0.497 e. The topological polar surface area (TPSA) is 53.3 Å². The highest BCUT2D eigenvalue weighted by molar-refractivity contribution is 5.95. The number of benzene rings is 1. The lowest BCUT2D eigenvalue weighted by atomic mass is 10.1. The van der Waals surface area contributed by atoms with Crippen LogP contribution in [0.2, 0.25) is 0 Å². The van der Waals surface area contributed by atoms with Gasteiger partial charge in [-0.1, -0.05) is 12.1 Å². The van der Waals surface area contributed by atoms with Crippen LogP contribution in [0.5, 0.6) is 5.75 Å². The number of aromatic nitrogens is 2. The smallest absolute Gasteiger partial charge is 0.359 e. The molecule has 0 amide bonds. The van der Waals surface area contributed by atoms with Gasteiger partial charge in [0.05, 0.1) is 14.2 Å². The van der Waals surface area contributed by atoms with Crippen molar-refractivity contribution >= 4 is 5.97 Å². The number of carbonyl (C=O) groups excluding carboxylic acids is 1. The molecule has 0 radical (unpaired) electrons. The first-order valence-electron chi connectivity index (χ1n) is 5.42. The van der Waals surface area contributed by atoms with E-state index < -0.39 is 5.97 Å².